The standard InChI is InChI=1S/C9H6BrNO2S/c10-4-5(12)9-11-8-6(13-9)2-1-3-7(8)14/h1-3,14H,4H2. The van der Waals surface area contributed by atoms with Gasteiger partial charge >= 0.3 is 0 Å². The number of aromatic nitrogens is 1. The molecule has 0 unspecified atom stereocenters. The van der Waals surface area contributed by atoms with Crippen molar-refractivity contribution in [1.82, 2.24) is 4.98 Å². The van der Waals surface area contributed by atoms with Crippen LogP contribution in [-0.4, -0.2) is 16.1 Å². The number of Topliss-reactive ketones (excluding diaryl/α,β-unsaturated/α-hetero) is 1. The molecule has 0 aliphatic rings. The molecule has 0 atom stereocenters. The number of para-hydroxylation sites is 1. The van der Waals surface area contributed by atoms with Crippen molar-refractivity contribution in [2.75, 3.05) is 5.33 Å². The lowest BCUT2D eigenvalue weighted by atomic mass is 10.3. The Labute approximate surface area is 94.0 Å². The van der Waals surface area contributed by atoms with Crippen molar-refractivity contribution in [1.29, 1.82) is 0 Å². The normalized spacial score (nSPS) is 10.7. The minimum atomic E-state index is -0.172. The van der Waals surface area contributed by atoms with Crippen molar-refractivity contribution in [2.45, 2.75) is 4.90 Å². The van der Waals surface area contributed by atoms with Gasteiger partial charge in [0.2, 0.25) is 5.78 Å². The molecule has 0 amide bonds. The van der Waals surface area contributed by atoms with Gasteiger partial charge in [0.25, 0.3) is 5.89 Å². The van der Waals surface area contributed by atoms with E-state index in [0.29, 0.717) is 16.0 Å². The number of fused-ring (bicyclic) bond motifs is 1. The fraction of sp³-hybridized carbons (Fsp3) is 0.111. The van der Waals surface area contributed by atoms with E-state index in [-0.39, 0.29) is 17.0 Å². The van der Waals surface area contributed by atoms with Crippen LogP contribution in [0.4, 0.5) is 0 Å². The van der Waals surface area contributed by atoms with Crippen LogP contribution >= 0.6 is 28.6 Å². The van der Waals surface area contributed by atoms with Gasteiger partial charge in [-0.05, 0) is 12.1 Å². The summed E-state index contributed by atoms with van der Waals surface area (Å²) in [7, 11) is 0. The van der Waals surface area contributed by atoms with Crippen molar-refractivity contribution in [3.8, 4) is 0 Å². The zero-order valence-corrected chi connectivity index (χ0v) is 9.51. The zero-order valence-electron chi connectivity index (χ0n) is 7.03. The highest BCUT2D eigenvalue weighted by Gasteiger charge is 2.13. The van der Waals surface area contributed by atoms with E-state index < -0.39 is 0 Å². The molecule has 0 saturated heterocycles. The summed E-state index contributed by atoms with van der Waals surface area (Å²) in [6.45, 7) is 0. The van der Waals surface area contributed by atoms with Crippen LogP contribution < -0.4 is 0 Å². The van der Waals surface area contributed by atoms with E-state index in [1.165, 1.54) is 0 Å². The first kappa shape index (κ1) is 9.73. The lowest BCUT2D eigenvalue weighted by Gasteiger charge is -1.87. The number of benzene rings is 1. The number of ketones is 1. The van der Waals surface area contributed by atoms with Gasteiger partial charge < -0.3 is 4.42 Å². The van der Waals surface area contributed by atoms with E-state index in [9.17, 15) is 4.79 Å². The number of nitrogens with zero attached hydrogens (tertiary/aromatic N) is 1. The molecular weight excluding hydrogens is 266 g/mol. The molecule has 0 spiro atoms. The predicted molar refractivity (Wildman–Crippen MR) is 59.4 cm³/mol. The van der Waals surface area contributed by atoms with Crippen molar-refractivity contribution in [3.63, 3.8) is 0 Å². The van der Waals surface area contributed by atoms with Gasteiger partial charge in [0.15, 0.2) is 5.58 Å². The Bertz CT molecular complexity index is 495. The minimum absolute atomic E-state index is 0.123. The number of halogens is 1. The summed E-state index contributed by atoms with van der Waals surface area (Å²) in [6, 6.07) is 5.36. The van der Waals surface area contributed by atoms with Crippen LogP contribution in [0.15, 0.2) is 27.5 Å². The highest BCUT2D eigenvalue weighted by molar-refractivity contribution is 9.09. The molecule has 0 bridgehead atoms. The van der Waals surface area contributed by atoms with E-state index in [1.54, 1.807) is 18.2 Å². The molecule has 0 aliphatic carbocycles. The molecule has 1 aromatic carbocycles. The highest BCUT2D eigenvalue weighted by Crippen LogP contribution is 2.22. The third-order valence-corrected chi connectivity index (χ3v) is 2.63. The maximum atomic E-state index is 11.3. The molecule has 0 N–H and O–H groups in total. The van der Waals surface area contributed by atoms with Gasteiger partial charge in [0.1, 0.15) is 5.52 Å². The summed E-state index contributed by atoms with van der Waals surface area (Å²) in [4.78, 5) is 16.0. The van der Waals surface area contributed by atoms with Gasteiger partial charge in [-0.2, -0.15) is 0 Å². The summed E-state index contributed by atoms with van der Waals surface area (Å²) in [5.74, 6) is -0.0488. The zero-order chi connectivity index (χ0) is 10.1. The van der Waals surface area contributed by atoms with Crippen LogP contribution in [0.5, 0.6) is 0 Å². The Hall–Kier alpha value is -0.810. The van der Waals surface area contributed by atoms with Gasteiger partial charge in [0, 0.05) is 4.90 Å². The third kappa shape index (κ3) is 1.57. The van der Waals surface area contributed by atoms with E-state index in [2.05, 4.69) is 33.5 Å². The first-order valence-corrected chi connectivity index (χ1v) is 5.47. The van der Waals surface area contributed by atoms with E-state index in [0.717, 1.165) is 0 Å². The number of rotatable bonds is 2. The van der Waals surface area contributed by atoms with Crippen LogP contribution in [0.25, 0.3) is 11.1 Å². The van der Waals surface area contributed by atoms with Crippen molar-refractivity contribution in [2.24, 2.45) is 0 Å². The lowest BCUT2D eigenvalue weighted by molar-refractivity contribution is 0.0989. The molecule has 0 radical (unpaired) electrons. The molecule has 0 aliphatic heterocycles. The van der Waals surface area contributed by atoms with Crippen LogP contribution in [0, 0.1) is 0 Å². The van der Waals surface area contributed by atoms with Crippen LogP contribution in [0.3, 0.4) is 0 Å². The van der Waals surface area contributed by atoms with E-state index in [4.69, 9.17) is 4.42 Å². The second kappa shape index (κ2) is 3.74. The number of thiol groups is 1. The summed E-state index contributed by atoms with van der Waals surface area (Å²) < 4.78 is 5.26. The molecule has 2 aromatic rings. The maximum absolute atomic E-state index is 11.3. The second-order valence-electron chi connectivity index (χ2n) is 2.70. The summed E-state index contributed by atoms with van der Waals surface area (Å²) in [5, 5.41) is 0.210. The summed E-state index contributed by atoms with van der Waals surface area (Å²) in [6.07, 6.45) is 0. The Morgan fingerprint density at radius 3 is 3.00 bits per heavy atom. The number of carbonyl (C=O) groups is 1. The van der Waals surface area contributed by atoms with Crippen molar-refractivity contribution in [3.05, 3.63) is 24.1 Å². The Kier molecular flexibility index (Phi) is 2.60. The molecule has 2 rings (SSSR count). The van der Waals surface area contributed by atoms with Gasteiger partial charge in [0.05, 0.1) is 5.33 Å². The van der Waals surface area contributed by atoms with Crippen molar-refractivity contribution >= 4 is 45.4 Å². The van der Waals surface area contributed by atoms with Gasteiger partial charge in [-0.3, -0.25) is 4.79 Å². The number of oxazole rings is 1. The first-order chi connectivity index (χ1) is 6.72. The molecule has 72 valence electrons. The van der Waals surface area contributed by atoms with Crippen LogP contribution in [0.2, 0.25) is 0 Å². The SMILES string of the molecule is O=C(CBr)c1nc2c(S)cccc2o1. The van der Waals surface area contributed by atoms with E-state index >= 15 is 0 Å². The van der Waals surface area contributed by atoms with E-state index in [1.807, 2.05) is 0 Å². The van der Waals surface area contributed by atoms with Gasteiger partial charge in [-0.25, -0.2) is 4.98 Å². The predicted octanol–water partition coefficient (Wildman–Crippen LogP) is 2.69. The Morgan fingerprint density at radius 2 is 2.36 bits per heavy atom. The number of hydrogen-bond acceptors (Lipinski definition) is 4. The number of hydrogen-bond donors (Lipinski definition) is 1. The van der Waals surface area contributed by atoms with Crippen LogP contribution in [0.1, 0.15) is 10.7 Å². The number of alkyl halides is 1. The molecule has 3 nitrogen and oxygen atoms in total. The molecular formula is C9H6BrNO2S. The first-order valence-electron chi connectivity index (χ1n) is 3.90. The molecule has 5 heteroatoms. The number of carbonyl (C=O) groups excluding carboxylic acids is 1. The van der Waals surface area contributed by atoms with Crippen molar-refractivity contribution < 1.29 is 9.21 Å². The maximum Gasteiger partial charge on any atom is 0.265 e. The van der Waals surface area contributed by atoms with Gasteiger partial charge in [-0.1, -0.05) is 22.0 Å². The fourth-order valence-electron chi connectivity index (χ4n) is 1.11. The highest BCUT2D eigenvalue weighted by atomic mass is 79.9. The smallest absolute Gasteiger partial charge is 0.265 e. The molecule has 1 heterocycles. The third-order valence-electron chi connectivity index (χ3n) is 1.76. The average molecular weight is 272 g/mol. The quantitative estimate of drug-likeness (QED) is 0.519. The van der Waals surface area contributed by atoms with Crippen LogP contribution in [-0.2, 0) is 0 Å². The van der Waals surface area contributed by atoms with Gasteiger partial charge in [-0.15, -0.1) is 12.6 Å². The molecule has 0 saturated carbocycles. The fourth-order valence-corrected chi connectivity index (χ4v) is 1.60. The average Bonchev–Trinajstić information content (AvgIpc) is 2.62. The Balaban J connectivity index is 2.62. The molecule has 14 heavy (non-hydrogen) atoms. The second-order valence-corrected chi connectivity index (χ2v) is 3.74. The monoisotopic (exact) mass is 271 g/mol. The lowest BCUT2D eigenvalue weighted by Crippen LogP contribution is -1.99. The molecule has 0 fully saturated rings. The molecule has 1 aromatic heterocycles. The largest absolute Gasteiger partial charge is 0.434 e. The summed E-state index contributed by atoms with van der Waals surface area (Å²) in [5.41, 5.74) is 1.21. The minimum Gasteiger partial charge on any atom is -0.434 e. The topological polar surface area (TPSA) is 43.1 Å². The summed E-state index contributed by atoms with van der Waals surface area (Å²) >= 11 is 7.27. The Morgan fingerprint density at radius 1 is 1.57 bits per heavy atom.